The normalized spacial score (nSPS) is 32.3. The number of hydrogen-bond acceptors (Lipinski definition) is 7. The number of carbonyl (C=O) groups is 1. The third-order valence-corrected chi connectivity index (χ3v) is 8.96. The molecule has 9 heteroatoms. The van der Waals surface area contributed by atoms with E-state index >= 15 is 0 Å². The number of rotatable bonds is 8. The maximum atomic E-state index is 13.1. The Morgan fingerprint density at radius 3 is 2.37 bits per heavy atom. The summed E-state index contributed by atoms with van der Waals surface area (Å²) in [6.45, 7) is 13.5. The van der Waals surface area contributed by atoms with E-state index in [4.69, 9.17) is 19.5 Å². The molecule has 3 heterocycles. The monoisotopic (exact) mass is 562 g/mol. The van der Waals surface area contributed by atoms with Gasteiger partial charge in [-0.05, 0) is 75.6 Å². The number of anilines is 1. The topological polar surface area (TPSA) is 129 Å². The third kappa shape index (κ3) is 5.46. The van der Waals surface area contributed by atoms with Gasteiger partial charge in [-0.3, -0.25) is 4.79 Å². The van der Waals surface area contributed by atoms with Crippen LogP contribution in [0.3, 0.4) is 0 Å². The lowest BCUT2D eigenvalue weighted by molar-refractivity contribution is -0.219. The van der Waals surface area contributed by atoms with Gasteiger partial charge in [0.2, 0.25) is 0 Å². The molecule has 220 valence electrons. The van der Waals surface area contributed by atoms with Gasteiger partial charge in [-0.15, -0.1) is 0 Å². The van der Waals surface area contributed by atoms with Crippen LogP contribution in [-0.2, 0) is 19.8 Å². The van der Waals surface area contributed by atoms with Gasteiger partial charge < -0.3 is 29.6 Å². The summed E-state index contributed by atoms with van der Waals surface area (Å²) in [6, 6.07) is 7.70. The van der Waals surface area contributed by atoms with Crippen molar-refractivity contribution in [2.45, 2.75) is 103 Å². The highest BCUT2D eigenvalue weighted by Crippen LogP contribution is 2.57. The fourth-order valence-electron chi connectivity index (χ4n) is 7.08. The van der Waals surface area contributed by atoms with Crippen molar-refractivity contribution < 1.29 is 24.1 Å². The van der Waals surface area contributed by atoms with Crippen LogP contribution in [0.25, 0.3) is 5.57 Å². The summed E-state index contributed by atoms with van der Waals surface area (Å²) < 4.78 is 19.0. The molecule has 9 nitrogen and oxygen atoms in total. The van der Waals surface area contributed by atoms with E-state index in [-0.39, 0.29) is 29.1 Å². The molecule has 1 aliphatic carbocycles. The van der Waals surface area contributed by atoms with Gasteiger partial charge in [0.25, 0.3) is 5.91 Å². The van der Waals surface area contributed by atoms with Crippen LogP contribution in [0.2, 0.25) is 0 Å². The fraction of sp³-hybridized carbons (Fsp3) is 0.594. The number of nitriles is 1. The summed E-state index contributed by atoms with van der Waals surface area (Å²) in [6.07, 6.45) is 6.54. The van der Waals surface area contributed by atoms with Gasteiger partial charge in [0.1, 0.15) is 18.3 Å². The van der Waals surface area contributed by atoms with Crippen LogP contribution in [0.15, 0.2) is 30.5 Å². The molecule has 41 heavy (non-hydrogen) atoms. The van der Waals surface area contributed by atoms with Gasteiger partial charge in [0, 0.05) is 43.5 Å². The fourth-order valence-corrected chi connectivity index (χ4v) is 7.08. The van der Waals surface area contributed by atoms with Crippen molar-refractivity contribution in [2.24, 2.45) is 5.41 Å². The average molecular weight is 563 g/mol. The number of carbonyl (C=O) groups excluding carboxylic acids is 1. The highest BCUT2D eigenvalue weighted by atomic mass is 16.6. The number of benzene rings is 1. The van der Waals surface area contributed by atoms with Crippen molar-refractivity contribution >= 4 is 17.2 Å². The highest BCUT2D eigenvalue weighted by molar-refractivity contribution is 6.03. The molecule has 0 radical (unpaired) electrons. The smallest absolute Gasteiger partial charge is 0.291 e. The number of amides is 1. The first-order chi connectivity index (χ1) is 19.4. The molecule has 2 aromatic rings. The van der Waals surface area contributed by atoms with Crippen molar-refractivity contribution in [3.63, 3.8) is 0 Å². The van der Waals surface area contributed by atoms with Crippen molar-refractivity contribution in [3.05, 3.63) is 53.1 Å². The molecule has 1 aromatic carbocycles. The van der Waals surface area contributed by atoms with E-state index in [0.717, 1.165) is 36.0 Å². The highest BCUT2D eigenvalue weighted by Gasteiger charge is 2.67. The summed E-state index contributed by atoms with van der Waals surface area (Å²) in [7, 11) is 0. The minimum atomic E-state index is -1.20. The lowest BCUT2D eigenvalue weighted by atomic mass is 9.74. The predicted molar refractivity (Wildman–Crippen MR) is 155 cm³/mol. The van der Waals surface area contributed by atoms with E-state index in [1.807, 2.05) is 52.0 Å². The molecule has 0 saturated carbocycles. The molecule has 2 saturated heterocycles. The average Bonchev–Trinajstić information content (AvgIpc) is 3.45. The van der Waals surface area contributed by atoms with E-state index in [2.05, 4.69) is 35.2 Å². The lowest BCUT2D eigenvalue weighted by Gasteiger charge is -2.46. The second-order valence-corrected chi connectivity index (χ2v) is 12.9. The van der Waals surface area contributed by atoms with E-state index < -0.39 is 22.7 Å². The first-order valence-electron chi connectivity index (χ1n) is 14.6. The minimum Gasteiger partial charge on any atom is -0.385 e. The number of aromatic amines is 1. The second-order valence-electron chi connectivity index (χ2n) is 12.9. The molecule has 5 rings (SSSR count). The molecule has 2 bridgehead atoms. The largest absolute Gasteiger partial charge is 0.385 e. The van der Waals surface area contributed by atoms with Crippen molar-refractivity contribution in [2.75, 3.05) is 18.5 Å². The number of nitrogens with one attached hydrogen (secondary N) is 2. The SMILES string of the molecule is CCO[C@@H]1[C@H](OCC)[C@@]2(C)C[C@](O)(c3ccc(NC(=O)c4nc(C#N)c[nH]4)c(C4=CCC(C)(C)CC4)c3)C[C@]1(C)O2. The summed E-state index contributed by atoms with van der Waals surface area (Å²) in [4.78, 5) is 19.9. The van der Waals surface area contributed by atoms with Crippen LogP contribution in [0.4, 0.5) is 5.69 Å². The number of hydrogen-bond donors (Lipinski definition) is 3. The molecule has 0 unspecified atom stereocenters. The summed E-state index contributed by atoms with van der Waals surface area (Å²) in [5.74, 6) is -0.362. The first kappa shape index (κ1) is 29.5. The number of H-pyrrole nitrogens is 1. The number of aromatic nitrogens is 2. The van der Waals surface area contributed by atoms with E-state index in [1.165, 1.54) is 6.20 Å². The molecule has 1 amide bonds. The zero-order valence-electron chi connectivity index (χ0n) is 25.0. The maximum Gasteiger partial charge on any atom is 0.291 e. The molecule has 2 fully saturated rings. The van der Waals surface area contributed by atoms with Gasteiger partial charge in [0.05, 0.1) is 16.8 Å². The number of ether oxygens (including phenoxy) is 3. The molecule has 3 aliphatic rings. The molecule has 5 atom stereocenters. The predicted octanol–water partition coefficient (Wildman–Crippen LogP) is 5.47. The number of aliphatic hydroxyl groups is 1. The van der Waals surface area contributed by atoms with Gasteiger partial charge in [-0.25, -0.2) is 4.98 Å². The van der Waals surface area contributed by atoms with E-state index in [1.54, 1.807) is 0 Å². The first-order valence-corrected chi connectivity index (χ1v) is 14.6. The van der Waals surface area contributed by atoms with Crippen LogP contribution >= 0.6 is 0 Å². The zero-order chi connectivity index (χ0) is 29.6. The van der Waals surface area contributed by atoms with Gasteiger partial charge in [-0.2, -0.15) is 5.26 Å². The van der Waals surface area contributed by atoms with Crippen LogP contribution in [-0.4, -0.2) is 57.6 Å². The number of allylic oxidation sites excluding steroid dienone is 2. The Morgan fingerprint density at radius 2 is 1.83 bits per heavy atom. The Bertz CT molecular complexity index is 1360. The van der Waals surface area contributed by atoms with Crippen molar-refractivity contribution in [1.29, 1.82) is 5.26 Å². The van der Waals surface area contributed by atoms with Crippen LogP contribution in [0.1, 0.15) is 101 Å². The Morgan fingerprint density at radius 1 is 1.17 bits per heavy atom. The Labute approximate surface area is 242 Å². The molecular formula is C32H42N4O5. The van der Waals surface area contributed by atoms with E-state index in [9.17, 15) is 9.90 Å². The Hall–Kier alpha value is -3.03. The molecule has 2 aliphatic heterocycles. The maximum absolute atomic E-state index is 13.1. The quantitative estimate of drug-likeness (QED) is 0.389. The lowest BCUT2D eigenvalue weighted by Crippen LogP contribution is -2.51. The second kappa shape index (κ2) is 10.7. The molecule has 3 N–H and O–H groups in total. The van der Waals surface area contributed by atoms with Crippen LogP contribution < -0.4 is 5.32 Å². The molecule has 0 spiro atoms. The van der Waals surface area contributed by atoms with Gasteiger partial charge in [0.15, 0.2) is 11.5 Å². The summed E-state index contributed by atoms with van der Waals surface area (Å²) in [5, 5.41) is 24.5. The van der Waals surface area contributed by atoms with Crippen molar-refractivity contribution in [1.82, 2.24) is 9.97 Å². The zero-order valence-corrected chi connectivity index (χ0v) is 25.0. The van der Waals surface area contributed by atoms with Gasteiger partial charge in [-0.1, -0.05) is 26.0 Å². The third-order valence-electron chi connectivity index (χ3n) is 8.96. The number of nitrogens with zero attached hydrogens (tertiary/aromatic N) is 2. The molecular weight excluding hydrogens is 520 g/mol. The number of fused-ring (bicyclic) bond motifs is 2. The van der Waals surface area contributed by atoms with Crippen LogP contribution in [0, 0.1) is 16.7 Å². The standard InChI is InChI=1S/C32H42N4O5/c1-7-39-25-26(40-8-2)31(6)19-32(38,18-30(25,5)41-31)21-9-10-24(36-28(37)27-34-17-22(16-33)35-27)23(15-21)20-11-13-29(3,4)14-12-20/h9-11,15,17,25-26,38H,7-8,12-14,18-19H2,1-6H3,(H,34,35)(H,36,37)/t25-,26+,30+,31-,32+. The van der Waals surface area contributed by atoms with Gasteiger partial charge >= 0.3 is 0 Å². The Balaban J connectivity index is 1.54. The Kier molecular flexibility index (Phi) is 7.66. The molecule has 1 aromatic heterocycles. The van der Waals surface area contributed by atoms with Crippen LogP contribution in [0.5, 0.6) is 0 Å². The summed E-state index contributed by atoms with van der Waals surface area (Å²) >= 11 is 0. The van der Waals surface area contributed by atoms with E-state index in [0.29, 0.717) is 31.7 Å². The number of imidazole rings is 1. The summed E-state index contributed by atoms with van der Waals surface area (Å²) in [5.41, 5.74) is 1.10. The minimum absolute atomic E-state index is 0.0692. The van der Waals surface area contributed by atoms with Crippen molar-refractivity contribution in [3.8, 4) is 6.07 Å².